The first kappa shape index (κ1) is 28.4. The van der Waals surface area contributed by atoms with Gasteiger partial charge in [0.2, 0.25) is 0 Å². The number of ketones is 1. The number of aliphatic carboxylic acids is 1. The number of amides is 2. The van der Waals surface area contributed by atoms with Crippen molar-refractivity contribution in [3.05, 3.63) is 63.7 Å². The molecule has 10 heteroatoms. The Kier molecular flexibility index (Phi) is 8.55. The molecule has 10 nitrogen and oxygen atoms in total. The normalized spacial score (nSPS) is 12.7. The number of Topliss-reactive ketones (excluding diaryl/α,β-unsaturated/α-hetero) is 1. The maximum absolute atomic E-state index is 13.3. The van der Waals surface area contributed by atoms with Gasteiger partial charge in [-0.05, 0) is 47.7 Å². The summed E-state index contributed by atoms with van der Waals surface area (Å²) >= 11 is 0. The third-order valence-corrected chi connectivity index (χ3v) is 6.26. The minimum atomic E-state index is -1.00. The van der Waals surface area contributed by atoms with E-state index in [-0.39, 0.29) is 37.0 Å². The number of carbonyl (C=O) groups is 4. The van der Waals surface area contributed by atoms with Crippen molar-refractivity contribution in [1.82, 2.24) is 15.5 Å². The molecule has 0 radical (unpaired) electrons. The van der Waals surface area contributed by atoms with Gasteiger partial charge in [0.25, 0.3) is 11.8 Å². The highest BCUT2D eigenvalue weighted by Crippen LogP contribution is 2.31. The topological polar surface area (TPSA) is 149 Å². The van der Waals surface area contributed by atoms with E-state index in [0.29, 0.717) is 46.7 Å². The number of ether oxygens (including phenoxy) is 1. The molecule has 2 aromatic carbocycles. The second kappa shape index (κ2) is 11.5. The Hall–Kier alpha value is -4.21. The van der Waals surface area contributed by atoms with E-state index in [2.05, 4.69) is 10.6 Å². The van der Waals surface area contributed by atoms with Crippen molar-refractivity contribution < 1.29 is 29.0 Å². The van der Waals surface area contributed by atoms with E-state index in [9.17, 15) is 19.2 Å². The highest BCUT2D eigenvalue weighted by atomic mass is 16.5. The van der Waals surface area contributed by atoms with Crippen LogP contribution in [-0.4, -0.2) is 66.2 Å². The average Bonchev–Trinajstić information content (AvgIpc) is 3.15. The van der Waals surface area contributed by atoms with E-state index < -0.39 is 17.3 Å². The van der Waals surface area contributed by atoms with Gasteiger partial charge in [0.15, 0.2) is 5.78 Å². The van der Waals surface area contributed by atoms with Gasteiger partial charge in [0.1, 0.15) is 11.6 Å². The van der Waals surface area contributed by atoms with E-state index >= 15 is 0 Å². The number of amidine groups is 1. The van der Waals surface area contributed by atoms with Crippen molar-refractivity contribution in [3.63, 3.8) is 0 Å². The molecular weight excluding hydrogens is 488 g/mol. The van der Waals surface area contributed by atoms with Gasteiger partial charge in [-0.1, -0.05) is 26.8 Å². The summed E-state index contributed by atoms with van der Waals surface area (Å²) in [6.07, 6.45) is -0.186. The highest BCUT2D eigenvalue weighted by molar-refractivity contribution is 6.08. The molecule has 4 N–H and O–H groups in total. The molecule has 38 heavy (non-hydrogen) atoms. The van der Waals surface area contributed by atoms with Crippen LogP contribution in [0.25, 0.3) is 0 Å². The van der Waals surface area contributed by atoms with E-state index in [1.165, 1.54) is 7.05 Å². The van der Waals surface area contributed by atoms with Gasteiger partial charge >= 0.3 is 5.97 Å². The molecule has 0 atom stereocenters. The van der Waals surface area contributed by atoms with Gasteiger partial charge in [-0.15, -0.1) is 0 Å². The summed E-state index contributed by atoms with van der Waals surface area (Å²) < 4.78 is 5.64. The van der Waals surface area contributed by atoms with Gasteiger partial charge in [0.05, 0.1) is 25.1 Å². The van der Waals surface area contributed by atoms with Crippen LogP contribution in [-0.2, 0) is 16.8 Å². The lowest BCUT2D eigenvalue weighted by Gasteiger charge is -2.24. The van der Waals surface area contributed by atoms with Crippen LogP contribution in [0.5, 0.6) is 5.75 Å². The Morgan fingerprint density at radius 2 is 1.79 bits per heavy atom. The van der Waals surface area contributed by atoms with Crippen molar-refractivity contribution >= 4 is 29.4 Å². The van der Waals surface area contributed by atoms with Gasteiger partial charge < -0.3 is 25.4 Å². The molecule has 0 fully saturated rings. The second-order valence-electron chi connectivity index (χ2n) is 10.1. The van der Waals surface area contributed by atoms with Crippen molar-refractivity contribution in [1.29, 1.82) is 5.41 Å². The molecule has 0 aliphatic carbocycles. The monoisotopic (exact) mass is 522 g/mol. The Labute approximate surface area is 221 Å². The summed E-state index contributed by atoms with van der Waals surface area (Å²) in [5.41, 5.74) is 2.68. The van der Waals surface area contributed by atoms with Gasteiger partial charge in [-0.3, -0.25) is 24.6 Å². The van der Waals surface area contributed by atoms with E-state index in [1.54, 1.807) is 35.2 Å². The van der Waals surface area contributed by atoms with Crippen LogP contribution in [0.3, 0.4) is 0 Å². The van der Waals surface area contributed by atoms with Crippen LogP contribution in [0.1, 0.15) is 81.9 Å². The lowest BCUT2D eigenvalue weighted by atomic mass is 9.82. The van der Waals surface area contributed by atoms with Crippen molar-refractivity contribution in [2.24, 2.45) is 0 Å². The maximum Gasteiger partial charge on any atom is 0.305 e. The molecule has 0 bridgehead atoms. The molecule has 0 saturated heterocycles. The van der Waals surface area contributed by atoms with Crippen LogP contribution in [0, 0.1) is 5.41 Å². The fourth-order valence-corrected chi connectivity index (χ4v) is 4.33. The molecular formula is C28H34N4O6. The summed E-state index contributed by atoms with van der Waals surface area (Å²) in [5.74, 6) is -1.37. The Bertz CT molecular complexity index is 1290. The van der Waals surface area contributed by atoms with E-state index in [0.717, 1.165) is 5.56 Å². The van der Waals surface area contributed by atoms with Gasteiger partial charge in [-0.2, -0.15) is 0 Å². The predicted molar refractivity (Wildman–Crippen MR) is 142 cm³/mol. The molecule has 0 aromatic heterocycles. The molecule has 3 rings (SSSR count). The zero-order valence-corrected chi connectivity index (χ0v) is 22.4. The number of benzene rings is 2. The summed E-state index contributed by atoms with van der Waals surface area (Å²) in [7, 11) is 1.53. The number of hydrogen-bond donors (Lipinski definition) is 4. The molecule has 2 amide bonds. The predicted octanol–water partition coefficient (Wildman–Crippen LogP) is 2.97. The number of nitrogens with zero attached hydrogens (tertiary/aromatic N) is 1. The molecule has 1 aliphatic heterocycles. The Balaban J connectivity index is 1.83. The quantitative estimate of drug-likeness (QED) is 0.351. The lowest BCUT2D eigenvalue weighted by molar-refractivity contribution is -0.136. The zero-order chi connectivity index (χ0) is 28.2. The van der Waals surface area contributed by atoms with E-state index in [1.807, 2.05) is 27.7 Å². The van der Waals surface area contributed by atoms with Crippen LogP contribution >= 0.6 is 0 Å². The van der Waals surface area contributed by atoms with Crippen molar-refractivity contribution in [2.75, 3.05) is 26.7 Å². The summed E-state index contributed by atoms with van der Waals surface area (Å²) in [5, 5.41) is 22.7. The molecule has 1 aliphatic rings. The number of carboxylic acid groups (broad SMARTS) is 1. The lowest BCUT2D eigenvalue weighted by Crippen LogP contribution is -2.31. The number of nitrogens with one attached hydrogen (secondary N) is 3. The summed E-state index contributed by atoms with van der Waals surface area (Å²) in [4.78, 5) is 50.8. The van der Waals surface area contributed by atoms with Crippen LogP contribution in [0.4, 0.5) is 0 Å². The molecule has 0 saturated carbocycles. The zero-order valence-electron chi connectivity index (χ0n) is 22.4. The Morgan fingerprint density at radius 3 is 2.39 bits per heavy atom. The molecule has 1 heterocycles. The fraction of sp³-hybridized carbons (Fsp3) is 0.393. The maximum atomic E-state index is 13.3. The number of fused-ring (bicyclic) bond motifs is 1. The molecule has 0 spiro atoms. The second-order valence-corrected chi connectivity index (χ2v) is 10.1. The fourth-order valence-electron chi connectivity index (χ4n) is 4.33. The van der Waals surface area contributed by atoms with Crippen molar-refractivity contribution in [3.8, 4) is 5.75 Å². The first-order valence-corrected chi connectivity index (χ1v) is 12.4. The molecule has 0 unspecified atom stereocenters. The van der Waals surface area contributed by atoms with Crippen molar-refractivity contribution in [2.45, 2.75) is 46.1 Å². The van der Waals surface area contributed by atoms with Crippen LogP contribution < -0.4 is 15.4 Å². The van der Waals surface area contributed by atoms with Crippen LogP contribution in [0.15, 0.2) is 30.3 Å². The number of carboxylic acids is 1. The van der Waals surface area contributed by atoms with Gasteiger partial charge in [0, 0.05) is 36.8 Å². The highest BCUT2D eigenvalue weighted by Gasteiger charge is 2.30. The van der Waals surface area contributed by atoms with Crippen LogP contribution in [0.2, 0.25) is 0 Å². The summed E-state index contributed by atoms with van der Waals surface area (Å²) in [6, 6.07) is 8.23. The number of rotatable bonds is 10. The minimum Gasteiger partial charge on any atom is -0.493 e. The smallest absolute Gasteiger partial charge is 0.305 e. The van der Waals surface area contributed by atoms with Gasteiger partial charge in [-0.25, -0.2) is 0 Å². The molecule has 202 valence electrons. The average molecular weight is 523 g/mol. The first-order chi connectivity index (χ1) is 17.9. The first-order valence-electron chi connectivity index (χ1n) is 12.4. The standard InChI is InChI=1S/C28H34N4O6/c1-6-38-23-12-17-14-32(25(29)19(17)13-20(23)26(36)30-5)15-22(33)16-7-8-18(21(11-16)28(2,3)4)27(37)31-10-9-24(34)35/h7-8,11-13,29H,6,9-10,14-15H2,1-5H3,(H,30,36)(H,31,37)(H,34,35). The largest absolute Gasteiger partial charge is 0.493 e. The van der Waals surface area contributed by atoms with E-state index in [4.69, 9.17) is 15.3 Å². The summed E-state index contributed by atoms with van der Waals surface area (Å²) in [6.45, 7) is 8.26. The SMILES string of the molecule is CCOc1cc2c(cc1C(=O)NC)C(=N)N(CC(=O)c1ccc(C(=O)NCCC(=O)O)c(C(C)(C)C)c1)C2. The molecule has 2 aromatic rings. The third-order valence-electron chi connectivity index (χ3n) is 6.26. The third kappa shape index (κ3) is 6.19. The number of carbonyl (C=O) groups excluding carboxylic acids is 3. The number of hydrogen-bond acceptors (Lipinski definition) is 6. The Morgan fingerprint density at radius 1 is 1.08 bits per heavy atom. The minimum absolute atomic E-state index is 0.00268.